The topological polar surface area (TPSA) is 64.4 Å². The van der Waals surface area contributed by atoms with E-state index in [2.05, 4.69) is 16.5 Å². The van der Waals surface area contributed by atoms with E-state index in [0.717, 1.165) is 36.9 Å². The first kappa shape index (κ1) is 18.5. The summed E-state index contributed by atoms with van der Waals surface area (Å²) in [5.41, 5.74) is 1.60. The Kier molecular flexibility index (Phi) is 4.52. The van der Waals surface area contributed by atoms with E-state index in [1.807, 2.05) is 30.0 Å². The summed E-state index contributed by atoms with van der Waals surface area (Å²) < 4.78 is 7.53. The van der Waals surface area contributed by atoms with Gasteiger partial charge < -0.3 is 9.64 Å². The van der Waals surface area contributed by atoms with Crippen LogP contribution in [0.15, 0.2) is 40.5 Å². The largest absolute Gasteiger partial charge is 0.370 e. The molecule has 2 aliphatic heterocycles. The van der Waals surface area contributed by atoms with Crippen LogP contribution in [0.1, 0.15) is 29.0 Å². The van der Waals surface area contributed by atoms with E-state index in [1.165, 1.54) is 15.1 Å². The number of ether oxygens (including phenoxy) is 1. The van der Waals surface area contributed by atoms with Crippen LogP contribution in [0.5, 0.6) is 0 Å². The first-order valence-electron chi connectivity index (χ1n) is 10.0. The maximum Gasteiger partial charge on any atom is 0.275 e. The smallest absolute Gasteiger partial charge is 0.275 e. The molecule has 6 nitrogen and oxygen atoms in total. The van der Waals surface area contributed by atoms with Crippen LogP contribution in [0.4, 0.5) is 0 Å². The second-order valence-corrected chi connectivity index (χ2v) is 8.83. The summed E-state index contributed by atoms with van der Waals surface area (Å²) in [5, 5.41) is 7.95. The molecule has 4 heterocycles. The average Bonchev–Trinajstić information content (AvgIpc) is 3.23. The Labute approximate surface area is 172 Å². The molecule has 1 spiro atoms. The van der Waals surface area contributed by atoms with Crippen LogP contribution in [0.3, 0.4) is 0 Å². The Morgan fingerprint density at radius 3 is 2.76 bits per heavy atom. The number of rotatable bonds is 2. The van der Waals surface area contributed by atoms with Gasteiger partial charge in [0.05, 0.1) is 23.3 Å². The van der Waals surface area contributed by atoms with Crippen LogP contribution in [0, 0.1) is 6.92 Å². The van der Waals surface area contributed by atoms with E-state index >= 15 is 0 Å². The molecule has 1 aromatic carbocycles. The zero-order valence-corrected chi connectivity index (χ0v) is 17.2. The van der Waals surface area contributed by atoms with Gasteiger partial charge in [0.15, 0.2) is 0 Å². The minimum absolute atomic E-state index is 0.0257. The number of hydrogen-bond donors (Lipinski definition) is 0. The summed E-state index contributed by atoms with van der Waals surface area (Å²) in [6.07, 6.45) is 2.57. The number of aromatic nitrogens is 2. The van der Waals surface area contributed by atoms with Crippen LogP contribution >= 0.6 is 11.3 Å². The number of aryl methyl sites for hydroxylation is 1. The SMILES string of the molecule is Cc1nn(CC(=O)N2CCC3(CC2)OCCc2sccc23)c(=O)c2ccccc12. The maximum absolute atomic E-state index is 12.9. The molecule has 0 unspecified atom stereocenters. The number of carbonyl (C=O) groups excluding carboxylic acids is 1. The predicted octanol–water partition coefficient (Wildman–Crippen LogP) is 2.86. The van der Waals surface area contributed by atoms with Gasteiger partial charge in [0.1, 0.15) is 6.54 Å². The highest BCUT2D eigenvalue weighted by atomic mass is 32.1. The molecule has 1 amide bonds. The standard InChI is InChI=1S/C22H23N3O3S/c1-15-16-4-2-3-5-17(16)21(27)25(23-15)14-20(26)24-10-8-22(9-11-24)18-7-13-29-19(18)6-12-28-22/h2-5,7,13H,6,8-12,14H2,1H3. The molecule has 29 heavy (non-hydrogen) atoms. The van der Waals surface area contributed by atoms with Crippen molar-refractivity contribution in [1.82, 2.24) is 14.7 Å². The number of likely N-dealkylation sites (tertiary alicyclic amines) is 1. The minimum atomic E-state index is -0.251. The second kappa shape index (κ2) is 7.07. The third-order valence-corrected chi connectivity index (χ3v) is 7.19. The van der Waals surface area contributed by atoms with Crippen molar-refractivity contribution in [2.45, 2.75) is 38.3 Å². The van der Waals surface area contributed by atoms with E-state index < -0.39 is 0 Å². The van der Waals surface area contributed by atoms with Crippen molar-refractivity contribution in [2.75, 3.05) is 19.7 Å². The molecule has 2 aliphatic rings. The van der Waals surface area contributed by atoms with Crippen molar-refractivity contribution >= 4 is 28.0 Å². The lowest BCUT2D eigenvalue weighted by molar-refractivity contribution is -0.141. The number of carbonyl (C=O) groups is 1. The third kappa shape index (κ3) is 3.09. The fourth-order valence-corrected chi connectivity index (χ4v) is 5.58. The molecule has 0 atom stereocenters. The molecule has 0 saturated carbocycles. The van der Waals surface area contributed by atoms with Crippen molar-refractivity contribution < 1.29 is 9.53 Å². The molecule has 0 bridgehead atoms. The summed E-state index contributed by atoms with van der Waals surface area (Å²) in [4.78, 5) is 28.9. The third-order valence-electron chi connectivity index (χ3n) is 6.21. The second-order valence-electron chi connectivity index (χ2n) is 7.82. The van der Waals surface area contributed by atoms with Crippen molar-refractivity contribution in [3.8, 4) is 0 Å². The van der Waals surface area contributed by atoms with Gasteiger partial charge in [-0.25, -0.2) is 4.68 Å². The molecule has 0 aliphatic carbocycles. The number of benzene rings is 1. The Morgan fingerprint density at radius 1 is 1.21 bits per heavy atom. The van der Waals surface area contributed by atoms with Gasteiger partial charge in [-0.2, -0.15) is 5.10 Å². The van der Waals surface area contributed by atoms with Gasteiger partial charge >= 0.3 is 0 Å². The normalized spacial score (nSPS) is 18.2. The monoisotopic (exact) mass is 409 g/mol. The minimum Gasteiger partial charge on any atom is -0.370 e. The lowest BCUT2D eigenvalue weighted by Gasteiger charge is -2.44. The van der Waals surface area contributed by atoms with Gasteiger partial charge in [-0.1, -0.05) is 18.2 Å². The first-order valence-corrected chi connectivity index (χ1v) is 10.9. The predicted molar refractivity (Wildman–Crippen MR) is 112 cm³/mol. The Balaban J connectivity index is 1.33. The molecule has 0 N–H and O–H groups in total. The number of fused-ring (bicyclic) bond motifs is 3. The highest BCUT2D eigenvalue weighted by molar-refractivity contribution is 7.10. The van der Waals surface area contributed by atoms with Gasteiger partial charge in [-0.05, 0) is 42.8 Å². The van der Waals surface area contributed by atoms with Crippen molar-refractivity contribution in [1.29, 1.82) is 0 Å². The molecule has 7 heteroatoms. The molecule has 150 valence electrons. The van der Waals surface area contributed by atoms with Crippen molar-refractivity contribution in [2.24, 2.45) is 0 Å². The quantitative estimate of drug-likeness (QED) is 0.653. The van der Waals surface area contributed by atoms with Gasteiger partial charge in [0.2, 0.25) is 5.91 Å². The molecular weight excluding hydrogens is 386 g/mol. The van der Waals surface area contributed by atoms with Crippen LogP contribution < -0.4 is 5.56 Å². The summed E-state index contributed by atoms with van der Waals surface area (Å²) in [6, 6.07) is 9.58. The summed E-state index contributed by atoms with van der Waals surface area (Å²) in [7, 11) is 0. The van der Waals surface area contributed by atoms with Gasteiger partial charge in [0, 0.05) is 29.8 Å². The Bertz CT molecular complexity index is 1140. The van der Waals surface area contributed by atoms with Crippen LogP contribution in [-0.2, 0) is 28.1 Å². The van der Waals surface area contributed by atoms with Gasteiger partial charge in [0.25, 0.3) is 5.56 Å². The summed E-state index contributed by atoms with van der Waals surface area (Å²) in [5.74, 6) is -0.0644. The zero-order valence-electron chi connectivity index (χ0n) is 16.4. The lowest BCUT2D eigenvalue weighted by Crippen LogP contribution is -2.49. The number of amides is 1. The fraction of sp³-hybridized carbons (Fsp3) is 0.409. The molecule has 5 rings (SSSR count). The zero-order chi connectivity index (χ0) is 20.0. The van der Waals surface area contributed by atoms with E-state index in [9.17, 15) is 9.59 Å². The number of thiophene rings is 1. The highest BCUT2D eigenvalue weighted by Crippen LogP contribution is 2.43. The number of nitrogens with zero attached hydrogens (tertiary/aromatic N) is 3. The molecule has 0 radical (unpaired) electrons. The Morgan fingerprint density at radius 2 is 1.97 bits per heavy atom. The lowest BCUT2D eigenvalue weighted by atomic mass is 9.82. The summed E-state index contributed by atoms with van der Waals surface area (Å²) in [6.45, 7) is 3.86. The van der Waals surface area contributed by atoms with Gasteiger partial charge in [-0.15, -0.1) is 11.3 Å². The molecule has 1 fully saturated rings. The molecule has 1 saturated heterocycles. The van der Waals surface area contributed by atoms with E-state index in [4.69, 9.17) is 4.74 Å². The number of piperidine rings is 1. The maximum atomic E-state index is 12.9. The number of hydrogen-bond acceptors (Lipinski definition) is 5. The molecular formula is C22H23N3O3S. The fourth-order valence-electron chi connectivity index (χ4n) is 4.63. The highest BCUT2D eigenvalue weighted by Gasteiger charge is 2.42. The van der Waals surface area contributed by atoms with Gasteiger partial charge in [-0.3, -0.25) is 9.59 Å². The van der Waals surface area contributed by atoms with Crippen molar-refractivity contribution in [3.63, 3.8) is 0 Å². The van der Waals surface area contributed by atoms with E-state index in [1.54, 1.807) is 17.4 Å². The van der Waals surface area contributed by atoms with Crippen LogP contribution in [-0.4, -0.2) is 40.3 Å². The molecule has 2 aromatic heterocycles. The van der Waals surface area contributed by atoms with Crippen LogP contribution in [0.25, 0.3) is 10.8 Å². The molecule has 3 aromatic rings. The summed E-state index contributed by atoms with van der Waals surface area (Å²) >= 11 is 1.80. The van der Waals surface area contributed by atoms with E-state index in [-0.39, 0.29) is 23.6 Å². The average molecular weight is 410 g/mol. The van der Waals surface area contributed by atoms with E-state index in [0.29, 0.717) is 18.5 Å². The Hall–Kier alpha value is -2.51. The first-order chi connectivity index (χ1) is 14.1. The van der Waals surface area contributed by atoms with Crippen molar-refractivity contribution in [3.05, 3.63) is 62.2 Å². The van der Waals surface area contributed by atoms with Crippen LogP contribution in [0.2, 0.25) is 0 Å².